The summed E-state index contributed by atoms with van der Waals surface area (Å²) >= 11 is 0.709. The Morgan fingerprint density at radius 3 is 1.51 bits per heavy atom. The van der Waals surface area contributed by atoms with Crippen LogP contribution in [0.2, 0.25) is 0 Å². The Labute approximate surface area is 437 Å². The highest BCUT2D eigenvalue weighted by atomic mass is 32.1. The molecule has 0 radical (unpaired) electrons. The van der Waals surface area contributed by atoms with Gasteiger partial charge in [-0.2, -0.15) is 0 Å². The predicted octanol–water partition coefficient (Wildman–Crippen LogP) is 13.4. The van der Waals surface area contributed by atoms with Crippen LogP contribution in [0.3, 0.4) is 0 Å². The second-order valence-corrected chi connectivity index (χ2v) is 20.6. The van der Waals surface area contributed by atoms with Crippen LogP contribution in [0.5, 0.6) is 0 Å². The van der Waals surface area contributed by atoms with Crippen LogP contribution >= 0.6 is 11.3 Å². The molecule has 13 aromatic rings. The van der Waals surface area contributed by atoms with E-state index in [4.69, 9.17) is 32.8 Å². The molecule has 0 aliphatic heterocycles. The van der Waals surface area contributed by atoms with E-state index in [0.29, 0.717) is 11.3 Å². The van der Waals surface area contributed by atoms with Gasteiger partial charge in [-0.25, -0.2) is 15.0 Å². The van der Waals surface area contributed by atoms with E-state index in [1.54, 1.807) is 12.1 Å². The smallest absolute Gasteiger partial charge is 0.179 e. The van der Waals surface area contributed by atoms with Gasteiger partial charge in [0, 0.05) is 47.6 Å². The van der Waals surface area contributed by atoms with Gasteiger partial charge in [0.15, 0.2) is 25.5 Å². The van der Waals surface area contributed by atoms with Crippen LogP contribution in [0.1, 0.15) is 31.5 Å². The number of nitrogens with zero attached hydrogens (tertiary/aromatic N) is 4. The first kappa shape index (κ1) is 23.4. The molecule has 0 fully saturated rings. The molecule has 3 heterocycles. The van der Waals surface area contributed by atoms with Gasteiger partial charge in [0.25, 0.3) is 0 Å². The largest absolute Gasteiger partial charge is 0.309 e. The second kappa shape index (κ2) is 17.0. The standard InChI is InChI=1S/C63H42N4SSi/c1-4-22-46(23-5-1)69(47-24-6-2-7-25-47,48-26-8-3-9-27-48)49-40-38-43(39-41-49)61-64-62(45-21-18-20-44(42-45)50-32-19-33-54-53-30-13-17-37-59(53)68-60(50)54)66-63(65-61)55-31-12-16-36-58(55)67-56-34-14-10-28-51(56)52-29-11-15-35-57(52)67/h1-42H/i10D,11D,12D,13D,14D,15D,16D,17D,18D,19D,20D,21D,28D,29D,30D,31D,32D,33D,34D,35D,36D,37D,42D. The minimum atomic E-state index is -3.23. The fraction of sp³-hybridized carbons (Fsp3) is 0. The molecule has 0 bridgehead atoms. The number of rotatable bonds is 9. The summed E-state index contributed by atoms with van der Waals surface area (Å²) in [4.78, 5) is 14.5. The maximum atomic E-state index is 10.1. The molecule has 69 heavy (non-hydrogen) atoms. The third-order valence-corrected chi connectivity index (χ3v) is 17.9. The molecule has 0 saturated heterocycles. The summed E-state index contributed by atoms with van der Waals surface area (Å²) in [5.74, 6) is -1.61. The average molecular weight is 938 g/mol. The molecule has 13 rings (SSSR count). The zero-order valence-electron chi connectivity index (χ0n) is 58.7. The Balaban J connectivity index is 1.17. The molecule has 0 N–H and O–H groups in total. The molecule has 3 aromatic heterocycles. The first-order valence-corrected chi connectivity index (χ1v) is 24.3. The number of para-hydroxylation sites is 3. The van der Waals surface area contributed by atoms with Crippen molar-refractivity contribution >= 4 is 82.1 Å². The van der Waals surface area contributed by atoms with Gasteiger partial charge in [-0.1, -0.05) is 218 Å². The van der Waals surface area contributed by atoms with Crippen molar-refractivity contribution < 1.29 is 31.5 Å². The highest BCUT2D eigenvalue weighted by Gasteiger charge is 2.41. The van der Waals surface area contributed by atoms with E-state index in [1.165, 1.54) is 0 Å². The quantitative estimate of drug-likeness (QED) is 0.107. The SMILES string of the molecule is [2H]c1c([2H])c(-c2nc(-c3ccc([Si](c4ccccc4)(c4ccccc4)c4ccccc4)cc3)nc(-c3c([2H])c([2H])c([2H])c([2H])c3-n3c4c([2H])c([2H])c([2H])c([2H])c4c4c([2H])c([2H])c([2H])c([2H])c43)n2)c([2H])c(-c2c([2H])c([2H])c([2H])c3c2sc2c([2H])c([2H])c([2H])c([2H])c23)c1[2H]. The van der Waals surface area contributed by atoms with Gasteiger partial charge in [0.05, 0.1) is 48.2 Å². The minimum Gasteiger partial charge on any atom is -0.309 e. The summed E-state index contributed by atoms with van der Waals surface area (Å²) in [7, 11) is -3.23. The zero-order chi connectivity index (χ0) is 65.7. The van der Waals surface area contributed by atoms with Crippen molar-refractivity contribution in [2.75, 3.05) is 0 Å². The fourth-order valence-corrected chi connectivity index (χ4v) is 14.8. The van der Waals surface area contributed by atoms with E-state index in [9.17, 15) is 13.7 Å². The van der Waals surface area contributed by atoms with Crippen LogP contribution in [-0.4, -0.2) is 27.6 Å². The van der Waals surface area contributed by atoms with Gasteiger partial charge in [-0.05, 0) is 68.1 Å². The molecule has 0 atom stereocenters. The van der Waals surface area contributed by atoms with Crippen molar-refractivity contribution in [2.45, 2.75) is 0 Å². The number of thiophene rings is 1. The maximum absolute atomic E-state index is 10.1. The number of aromatic nitrogens is 4. The minimum absolute atomic E-state index is 0.0705. The van der Waals surface area contributed by atoms with Crippen molar-refractivity contribution in [3.63, 3.8) is 0 Å². The second-order valence-electron chi connectivity index (χ2n) is 15.7. The molecular formula is C63H42N4SSi. The Hall–Kier alpha value is -8.55. The van der Waals surface area contributed by atoms with E-state index in [1.807, 2.05) is 66.7 Å². The number of fused-ring (bicyclic) bond motifs is 6. The predicted molar refractivity (Wildman–Crippen MR) is 292 cm³/mol. The van der Waals surface area contributed by atoms with E-state index >= 15 is 0 Å². The molecule has 324 valence electrons. The van der Waals surface area contributed by atoms with Gasteiger partial charge < -0.3 is 4.57 Å². The Kier molecular flexibility index (Phi) is 5.76. The summed E-state index contributed by atoms with van der Waals surface area (Å²) < 4.78 is 211. The number of benzene rings is 10. The molecule has 0 unspecified atom stereocenters. The Morgan fingerprint density at radius 1 is 0.377 bits per heavy atom. The van der Waals surface area contributed by atoms with Crippen molar-refractivity contribution in [2.24, 2.45) is 0 Å². The van der Waals surface area contributed by atoms with Crippen LogP contribution in [0.15, 0.2) is 254 Å². The molecule has 0 spiro atoms. The first-order chi connectivity index (χ1) is 43.8. The molecule has 10 aromatic carbocycles. The molecule has 0 aliphatic rings. The number of hydrogen-bond donors (Lipinski definition) is 0. The van der Waals surface area contributed by atoms with Crippen molar-refractivity contribution in [3.8, 4) is 51.0 Å². The normalized spacial score (nSPS) is 16.4. The van der Waals surface area contributed by atoms with Crippen molar-refractivity contribution in [1.29, 1.82) is 0 Å². The topological polar surface area (TPSA) is 43.6 Å². The van der Waals surface area contributed by atoms with E-state index in [-0.39, 0.29) is 31.6 Å². The molecular weight excluding hydrogens is 873 g/mol. The molecule has 4 nitrogen and oxygen atoms in total. The van der Waals surface area contributed by atoms with Gasteiger partial charge in [-0.3, -0.25) is 0 Å². The summed E-state index contributed by atoms with van der Waals surface area (Å²) in [6.45, 7) is 0. The summed E-state index contributed by atoms with van der Waals surface area (Å²) in [5.41, 5.74) is -3.77. The van der Waals surface area contributed by atoms with Crippen LogP contribution in [0.4, 0.5) is 0 Å². The fourth-order valence-electron chi connectivity index (χ4n) is 9.03. The lowest BCUT2D eigenvalue weighted by atomic mass is 10.0. The first-order valence-electron chi connectivity index (χ1n) is 33.0. The third-order valence-electron chi connectivity index (χ3n) is 12.0. The molecule has 0 aliphatic carbocycles. The van der Waals surface area contributed by atoms with Crippen molar-refractivity contribution in [3.05, 3.63) is 254 Å². The average Bonchev–Trinajstić information content (AvgIpc) is 1.49. The van der Waals surface area contributed by atoms with Gasteiger partial charge >= 0.3 is 0 Å². The van der Waals surface area contributed by atoms with Gasteiger partial charge in [0.2, 0.25) is 0 Å². The summed E-state index contributed by atoms with van der Waals surface area (Å²) in [6.07, 6.45) is 0. The van der Waals surface area contributed by atoms with E-state index < -0.39 is 208 Å². The van der Waals surface area contributed by atoms with E-state index in [2.05, 4.69) is 36.4 Å². The summed E-state index contributed by atoms with van der Waals surface area (Å²) in [6, 6.07) is 19.3. The van der Waals surface area contributed by atoms with Gasteiger partial charge in [-0.15, -0.1) is 11.3 Å². The monoisotopic (exact) mass is 937 g/mol. The molecule has 0 saturated carbocycles. The third kappa shape index (κ3) is 6.83. The van der Waals surface area contributed by atoms with E-state index in [0.717, 1.165) is 25.3 Å². The molecule has 0 amide bonds. The van der Waals surface area contributed by atoms with Crippen LogP contribution in [0.25, 0.3) is 93.0 Å². The summed E-state index contributed by atoms with van der Waals surface area (Å²) in [5, 5.41) is 2.72. The number of hydrogen-bond acceptors (Lipinski definition) is 4. The van der Waals surface area contributed by atoms with Gasteiger partial charge in [0.1, 0.15) is 0 Å². The maximum Gasteiger partial charge on any atom is 0.179 e. The Morgan fingerprint density at radius 2 is 0.855 bits per heavy atom. The lowest BCUT2D eigenvalue weighted by molar-refractivity contribution is 1.06. The van der Waals surface area contributed by atoms with Crippen LogP contribution in [0, 0.1) is 0 Å². The lowest BCUT2D eigenvalue weighted by Gasteiger charge is -2.34. The van der Waals surface area contributed by atoms with Crippen LogP contribution < -0.4 is 20.7 Å². The Bertz CT molecular complexity index is 5210. The van der Waals surface area contributed by atoms with Crippen molar-refractivity contribution in [1.82, 2.24) is 19.5 Å². The zero-order valence-corrected chi connectivity index (χ0v) is 37.5. The highest BCUT2D eigenvalue weighted by Crippen LogP contribution is 2.41. The molecule has 6 heteroatoms. The van der Waals surface area contributed by atoms with Crippen LogP contribution in [-0.2, 0) is 0 Å². The highest BCUT2D eigenvalue weighted by molar-refractivity contribution is 7.26. The lowest BCUT2D eigenvalue weighted by Crippen LogP contribution is -2.74.